The van der Waals surface area contributed by atoms with Gasteiger partial charge in [-0.15, -0.1) is 0 Å². The van der Waals surface area contributed by atoms with E-state index in [-0.39, 0.29) is 11.9 Å². The standard InChI is InChI=1S/C17H24BrFN2O2/c1-17(2,3)23-16(22)21-10-15(11-4-5-11)20-9-12-6-7-13(19)8-14(12)18/h6-8,11,15,20H,4-5,9-10H2,1-3H3,(H,21,22). The summed E-state index contributed by atoms with van der Waals surface area (Å²) < 4.78 is 19.1. The maximum atomic E-state index is 13.1. The molecule has 0 aliphatic heterocycles. The maximum Gasteiger partial charge on any atom is 0.407 e. The third-order valence-corrected chi connectivity index (χ3v) is 4.36. The molecule has 128 valence electrons. The smallest absolute Gasteiger partial charge is 0.407 e. The van der Waals surface area contributed by atoms with E-state index in [9.17, 15) is 9.18 Å². The third kappa shape index (κ3) is 6.47. The van der Waals surface area contributed by atoms with E-state index in [1.165, 1.54) is 12.1 Å². The van der Waals surface area contributed by atoms with Crippen molar-refractivity contribution in [2.75, 3.05) is 6.54 Å². The number of ether oxygens (including phenoxy) is 1. The van der Waals surface area contributed by atoms with Gasteiger partial charge in [-0.05, 0) is 57.2 Å². The van der Waals surface area contributed by atoms with E-state index in [2.05, 4.69) is 26.6 Å². The maximum absolute atomic E-state index is 13.1. The summed E-state index contributed by atoms with van der Waals surface area (Å²) in [6.45, 7) is 6.68. The van der Waals surface area contributed by atoms with E-state index in [4.69, 9.17) is 4.74 Å². The average molecular weight is 387 g/mol. The van der Waals surface area contributed by atoms with Gasteiger partial charge >= 0.3 is 6.09 Å². The van der Waals surface area contributed by atoms with Crippen molar-refractivity contribution in [1.29, 1.82) is 0 Å². The van der Waals surface area contributed by atoms with E-state index in [1.54, 1.807) is 6.07 Å². The number of alkyl carbamates (subject to hydrolysis) is 1. The van der Waals surface area contributed by atoms with E-state index in [0.29, 0.717) is 19.0 Å². The summed E-state index contributed by atoms with van der Waals surface area (Å²) in [5, 5.41) is 6.28. The molecule has 1 aromatic rings. The second kappa shape index (κ2) is 7.62. The Morgan fingerprint density at radius 3 is 2.70 bits per heavy atom. The number of benzene rings is 1. The van der Waals surface area contributed by atoms with Gasteiger partial charge in [-0.1, -0.05) is 22.0 Å². The fourth-order valence-electron chi connectivity index (χ4n) is 2.32. The molecule has 0 spiro atoms. The molecular weight excluding hydrogens is 363 g/mol. The van der Waals surface area contributed by atoms with E-state index < -0.39 is 11.7 Å². The van der Waals surface area contributed by atoms with Crippen molar-refractivity contribution < 1.29 is 13.9 Å². The molecule has 1 aliphatic rings. The zero-order valence-electron chi connectivity index (χ0n) is 13.8. The Labute approximate surface area is 145 Å². The molecule has 2 rings (SSSR count). The molecule has 6 heteroatoms. The Hall–Kier alpha value is -1.14. The zero-order chi connectivity index (χ0) is 17.0. The Morgan fingerprint density at radius 2 is 2.13 bits per heavy atom. The molecule has 4 nitrogen and oxygen atoms in total. The fourth-order valence-corrected chi connectivity index (χ4v) is 2.81. The fraction of sp³-hybridized carbons (Fsp3) is 0.588. The van der Waals surface area contributed by atoms with E-state index >= 15 is 0 Å². The van der Waals surface area contributed by atoms with Crippen molar-refractivity contribution in [1.82, 2.24) is 10.6 Å². The van der Waals surface area contributed by atoms with Crippen LogP contribution in [0.2, 0.25) is 0 Å². The first-order chi connectivity index (χ1) is 10.7. The molecule has 1 atom stereocenters. The minimum atomic E-state index is -0.494. The highest BCUT2D eigenvalue weighted by molar-refractivity contribution is 9.10. The molecule has 1 unspecified atom stereocenters. The molecule has 23 heavy (non-hydrogen) atoms. The summed E-state index contributed by atoms with van der Waals surface area (Å²) >= 11 is 3.38. The lowest BCUT2D eigenvalue weighted by atomic mass is 10.1. The van der Waals surface area contributed by atoms with Crippen LogP contribution in [-0.2, 0) is 11.3 Å². The predicted molar refractivity (Wildman–Crippen MR) is 91.7 cm³/mol. The first kappa shape index (κ1) is 18.2. The second-order valence-corrected chi connectivity index (χ2v) is 7.80. The van der Waals surface area contributed by atoms with Gasteiger partial charge in [0, 0.05) is 23.6 Å². The van der Waals surface area contributed by atoms with Gasteiger partial charge in [-0.25, -0.2) is 9.18 Å². The van der Waals surface area contributed by atoms with Crippen molar-refractivity contribution >= 4 is 22.0 Å². The number of carbonyl (C=O) groups excluding carboxylic acids is 1. The number of carbonyl (C=O) groups is 1. The molecule has 0 heterocycles. The average Bonchev–Trinajstić information content (AvgIpc) is 3.23. The Bertz CT molecular complexity index is 556. The second-order valence-electron chi connectivity index (χ2n) is 6.94. The molecule has 0 radical (unpaired) electrons. The van der Waals surface area contributed by atoms with Crippen LogP contribution in [0, 0.1) is 11.7 Å². The molecule has 0 aromatic heterocycles. The summed E-state index contributed by atoms with van der Waals surface area (Å²) in [4.78, 5) is 11.8. The first-order valence-electron chi connectivity index (χ1n) is 7.89. The van der Waals surface area contributed by atoms with Gasteiger partial charge in [0.05, 0.1) is 0 Å². The highest BCUT2D eigenvalue weighted by Gasteiger charge is 2.31. The first-order valence-corrected chi connectivity index (χ1v) is 8.68. The lowest BCUT2D eigenvalue weighted by molar-refractivity contribution is 0.0521. The van der Waals surface area contributed by atoms with Crippen LogP contribution in [0.3, 0.4) is 0 Å². The molecule has 0 saturated heterocycles. The van der Waals surface area contributed by atoms with Crippen LogP contribution in [0.1, 0.15) is 39.2 Å². The van der Waals surface area contributed by atoms with Gasteiger partial charge < -0.3 is 15.4 Å². The summed E-state index contributed by atoms with van der Waals surface area (Å²) in [6.07, 6.45) is 1.93. The predicted octanol–water partition coefficient (Wildman–Crippen LogP) is 3.98. The molecule has 1 aliphatic carbocycles. The minimum absolute atomic E-state index is 0.194. The van der Waals surface area contributed by atoms with Crippen LogP contribution in [0.4, 0.5) is 9.18 Å². The van der Waals surface area contributed by atoms with Crippen LogP contribution >= 0.6 is 15.9 Å². The van der Waals surface area contributed by atoms with Crippen LogP contribution in [0.25, 0.3) is 0 Å². The molecule has 1 amide bonds. The molecule has 1 aromatic carbocycles. The zero-order valence-corrected chi connectivity index (χ0v) is 15.4. The highest BCUT2D eigenvalue weighted by atomic mass is 79.9. The van der Waals surface area contributed by atoms with Crippen molar-refractivity contribution in [3.63, 3.8) is 0 Å². The van der Waals surface area contributed by atoms with Gasteiger partial charge in [0.25, 0.3) is 0 Å². The van der Waals surface area contributed by atoms with Crippen molar-refractivity contribution in [3.05, 3.63) is 34.1 Å². The Morgan fingerprint density at radius 1 is 1.43 bits per heavy atom. The van der Waals surface area contributed by atoms with Crippen molar-refractivity contribution in [2.45, 2.75) is 51.8 Å². The molecule has 2 N–H and O–H groups in total. The Balaban J connectivity index is 1.83. The number of hydrogen-bond donors (Lipinski definition) is 2. The number of rotatable bonds is 6. The quantitative estimate of drug-likeness (QED) is 0.777. The summed E-state index contributed by atoms with van der Waals surface area (Å²) in [5.41, 5.74) is 0.500. The van der Waals surface area contributed by atoms with Crippen LogP contribution in [-0.4, -0.2) is 24.3 Å². The highest BCUT2D eigenvalue weighted by Crippen LogP contribution is 2.32. The van der Waals surface area contributed by atoms with Crippen LogP contribution in [0.5, 0.6) is 0 Å². The number of hydrogen-bond acceptors (Lipinski definition) is 3. The normalized spacial score (nSPS) is 16.0. The van der Waals surface area contributed by atoms with Crippen LogP contribution < -0.4 is 10.6 Å². The summed E-state index contributed by atoms with van der Waals surface area (Å²) in [5.74, 6) is 0.315. The largest absolute Gasteiger partial charge is 0.444 e. The van der Waals surface area contributed by atoms with Gasteiger partial charge in [-0.2, -0.15) is 0 Å². The number of halogens is 2. The van der Waals surface area contributed by atoms with Gasteiger partial charge in [0.15, 0.2) is 0 Å². The van der Waals surface area contributed by atoms with Crippen LogP contribution in [0.15, 0.2) is 22.7 Å². The third-order valence-electron chi connectivity index (χ3n) is 3.63. The SMILES string of the molecule is CC(C)(C)OC(=O)NCC(NCc1ccc(F)cc1Br)C1CC1. The summed E-state index contributed by atoms with van der Waals surface area (Å²) in [6, 6.07) is 4.87. The minimum Gasteiger partial charge on any atom is -0.444 e. The van der Waals surface area contributed by atoms with Crippen molar-refractivity contribution in [2.24, 2.45) is 5.92 Å². The molecule has 0 bridgehead atoms. The lowest BCUT2D eigenvalue weighted by Gasteiger charge is -2.23. The molecule has 1 saturated carbocycles. The van der Waals surface area contributed by atoms with Crippen molar-refractivity contribution in [3.8, 4) is 0 Å². The lowest BCUT2D eigenvalue weighted by Crippen LogP contribution is -2.43. The number of nitrogens with one attached hydrogen (secondary N) is 2. The van der Waals surface area contributed by atoms with E-state index in [0.717, 1.165) is 22.9 Å². The number of amides is 1. The van der Waals surface area contributed by atoms with Gasteiger partial charge in [0.1, 0.15) is 11.4 Å². The van der Waals surface area contributed by atoms with Gasteiger partial charge in [0.2, 0.25) is 0 Å². The van der Waals surface area contributed by atoms with Gasteiger partial charge in [-0.3, -0.25) is 0 Å². The summed E-state index contributed by atoms with van der Waals surface area (Å²) in [7, 11) is 0. The monoisotopic (exact) mass is 386 g/mol. The topological polar surface area (TPSA) is 50.4 Å². The molecule has 1 fully saturated rings. The molecular formula is C17H24BrFN2O2. The Kier molecular flexibility index (Phi) is 6.03. The van der Waals surface area contributed by atoms with E-state index in [1.807, 2.05) is 20.8 Å².